The molecule has 0 spiro atoms. The Morgan fingerprint density at radius 3 is 2.25 bits per heavy atom. The van der Waals surface area contributed by atoms with E-state index in [1.807, 2.05) is 36.4 Å². The molecule has 0 aliphatic heterocycles. The number of hydrogen-bond acceptors (Lipinski definition) is 2. The minimum Gasteiger partial charge on any atom is -0.496 e. The van der Waals surface area contributed by atoms with Gasteiger partial charge in [0.15, 0.2) is 0 Å². The Hall–Kier alpha value is -3.07. The zero-order valence-corrected chi connectivity index (χ0v) is 13.2. The fraction of sp³-hybridized carbons (Fsp3) is 0.0476. The summed E-state index contributed by atoms with van der Waals surface area (Å²) in [6.07, 6.45) is 0. The van der Waals surface area contributed by atoms with Gasteiger partial charge >= 0.3 is 0 Å². The first kappa shape index (κ1) is 14.5. The number of benzene rings is 4. The second-order valence-corrected chi connectivity index (χ2v) is 5.83. The molecule has 0 saturated heterocycles. The van der Waals surface area contributed by atoms with Crippen LogP contribution in [0.5, 0.6) is 5.75 Å². The van der Waals surface area contributed by atoms with Crippen LogP contribution in [0.1, 0.15) is 0 Å². The van der Waals surface area contributed by atoms with Crippen LogP contribution in [0.25, 0.3) is 32.7 Å². The van der Waals surface area contributed by atoms with E-state index in [1.54, 1.807) is 19.2 Å². The maximum Gasteiger partial charge on any atom is 0.127 e. The molecule has 0 aliphatic carbocycles. The maximum absolute atomic E-state index is 13.5. The average Bonchev–Trinajstić information content (AvgIpc) is 2.59. The summed E-state index contributed by atoms with van der Waals surface area (Å²) in [7, 11) is 1.64. The Morgan fingerprint density at radius 2 is 1.46 bits per heavy atom. The average molecular weight is 317 g/mol. The molecule has 0 heterocycles. The summed E-state index contributed by atoms with van der Waals surface area (Å²) in [5.74, 6) is 0.513. The van der Waals surface area contributed by atoms with Gasteiger partial charge in [-0.15, -0.1) is 0 Å². The standard InChI is InChI=1S/C21H16FNO/c1-24-21-12-16-9-14-10-17(22)7-6-13(14)8-15(16)11-19(21)18-4-2-3-5-20(18)23/h2-12H,23H2,1H3. The van der Waals surface area contributed by atoms with Gasteiger partial charge in [-0.25, -0.2) is 4.39 Å². The Kier molecular flexibility index (Phi) is 3.35. The SMILES string of the molecule is COc1cc2cc3cc(F)ccc3cc2cc1-c1ccccc1N. The lowest BCUT2D eigenvalue weighted by Gasteiger charge is -2.13. The molecule has 24 heavy (non-hydrogen) atoms. The molecular formula is C21H16FNO. The van der Waals surface area contributed by atoms with Crippen LogP contribution in [-0.4, -0.2) is 7.11 Å². The van der Waals surface area contributed by atoms with Crippen molar-refractivity contribution in [3.05, 3.63) is 72.5 Å². The summed E-state index contributed by atoms with van der Waals surface area (Å²) < 4.78 is 19.0. The molecule has 0 aliphatic rings. The zero-order chi connectivity index (χ0) is 16.7. The maximum atomic E-state index is 13.5. The lowest BCUT2D eigenvalue weighted by atomic mass is 9.96. The first-order chi connectivity index (χ1) is 11.7. The molecule has 2 nitrogen and oxygen atoms in total. The number of nitrogen functional groups attached to an aromatic ring is 1. The van der Waals surface area contributed by atoms with E-state index in [0.717, 1.165) is 38.4 Å². The third-order valence-corrected chi connectivity index (χ3v) is 4.33. The predicted octanol–water partition coefficient (Wildman–Crippen LogP) is 5.39. The van der Waals surface area contributed by atoms with Crippen molar-refractivity contribution >= 4 is 27.2 Å². The highest BCUT2D eigenvalue weighted by Crippen LogP contribution is 2.38. The van der Waals surface area contributed by atoms with Crippen molar-refractivity contribution in [1.29, 1.82) is 0 Å². The van der Waals surface area contributed by atoms with E-state index in [9.17, 15) is 4.39 Å². The normalized spacial score (nSPS) is 11.1. The molecule has 4 rings (SSSR count). The summed E-state index contributed by atoms with van der Waals surface area (Å²) in [6, 6.07) is 20.6. The summed E-state index contributed by atoms with van der Waals surface area (Å²) in [6.45, 7) is 0. The van der Waals surface area contributed by atoms with Gasteiger partial charge in [0.1, 0.15) is 11.6 Å². The number of methoxy groups -OCH3 is 1. The van der Waals surface area contributed by atoms with Gasteiger partial charge in [0.05, 0.1) is 7.11 Å². The van der Waals surface area contributed by atoms with E-state index in [0.29, 0.717) is 5.69 Å². The van der Waals surface area contributed by atoms with E-state index in [2.05, 4.69) is 12.1 Å². The quantitative estimate of drug-likeness (QED) is 0.397. The van der Waals surface area contributed by atoms with Gasteiger partial charge in [0, 0.05) is 16.8 Å². The van der Waals surface area contributed by atoms with E-state index in [-0.39, 0.29) is 5.82 Å². The molecule has 0 atom stereocenters. The number of halogens is 1. The van der Waals surface area contributed by atoms with Crippen LogP contribution < -0.4 is 10.5 Å². The van der Waals surface area contributed by atoms with Gasteiger partial charge in [-0.3, -0.25) is 0 Å². The van der Waals surface area contributed by atoms with E-state index in [4.69, 9.17) is 10.5 Å². The molecule has 0 bridgehead atoms. The van der Waals surface area contributed by atoms with Crippen LogP contribution in [-0.2, 0) is 0 Å². The largest absolute Gasteiger partial charge is 0.496 e. The van der Waals surface area contributed by atoms with Gasteiger partial charge in [0.25, 0.3) is 0 Å². The number of rotatable bonds is 2. The molecular weight excluding hydrogens is 301 g/mol. The van der Waals surface area contributed by atoms with Crippen LogP contribution in [0.3, 0.4) is 0 Å². The number of para-hydroxylation sites is 1. The highest BCUT2D eigenvalue weighted by atomic mass is 19.1. The topological polar surface area (TPSA) is 35.2 Å². The van der Waals surface area contributed by atoms with Gasteiger partial charge in [0.2, 0.25) is 0 Å². The summed E-state index contributed by atoms with van der Waals surface area (Å²) in [5, 5.41) is 3.94. The molecule has 0 unspecified atom stereocenters. The number of ether oxygens (including phenoxy) is 1. The van der Waals surface area contributed by atoms with Crippen molar-refractivity contribution < 1.29 is 9.13 Å². The molecule has 0 amide bonds. The lowest BCUT2D eigenvalue weighted by Crippen LogP contribution is -1.93. The predicted molar refractivity (Wildman–Crippen MR) is 97.8 cm³/mol. The number of hydrogen-bond donors (Lipinski definition) is 1. The second kappa shape index (κ2) is 5.53. The van der Waals surface area contributed by atoms with Crippen molar-refractivity contribution in [2.24, 2.45) is 0 Å². The van der Waals surface area contributed by atoms with Gasteiger partial charge in [-0.05, 0) is 64.0 Å². The number of fused-ring (bicyclic) bond motifs is 2. The fourth-order valence-electron chi connectivity index (χ4n) is 3.12. The summed E-state index contributed by atoms with van der Waals surface area (Å²) in [5.41, 5.74) is 8.73. The van der Waals surface area contributed by atoms with Crippen LogP contribution in [0.15, 0.2) is 66.7 Å². The van der Waals surface area contributed by atoms with Crippen molar-refractivity contribution in [3.8, 4) is 16.9 Å². The molecule has 0 saturated carbocycles. The Balaban J connectivity index is 2.03. The minimum atomic E-state index is -0.234. The van der Waals surface area contributed by atoms with Crippen molar-refractivity contribution in [2.45, 2.75) is 0 Å². The van der Waals surface area contributed by atoms with Gasteiger partial charge in [-0.1, -0.05) is 24.3 Å². The summed E-state index contributed by atoms with van der Waals surface area (Å²) >= 11 is 0. The van der Waals surface area contributed by atoms with Gasteiger partial charge < -0.3 is 10.5 Å². The molecule has 3 heteroatoms. The Labute approximate surface area is 139 Å². The van der Waals surface area contributed by atoms with Crippen LogP contribution in [0.2, 0.25) is 0 Å². The smallest absolute Gasteiger partial charge is 0.127 e. The first-order valence-electron chi connectivity index (χ1n) is 7.71. The van der Waals surface area contributed by atoms with Crippen molar-refractivity contribution in [3.63, 3.8) is 0 Å². The number of nitrogens with two attached hydrogens (primary N) is 1. The molecule has 118 valence electrons. The molecule has 4 aromatic rings. The first-order valence-corrected chi connectivity index (χ1v) is 7.71. The van der Waals surface area contributed by atoms with E-state index >= 15 is 0 Å². The monoisotopic (exact) mass is 317 g/mol. The van der Waals surface area contributed by atoms with Crippen molar-refractivity contribution in [2.75, 3.05) is 12.8 Å². The number of anilines is 1. The molecule has 2 N–H and O–H groups in total. The molecule has 0 fully saturated rings. The second-order valence-electron chi connectivity index (χ2n) is 5.83. The minimum absolute atomic E-state index is 0.234. The molecule has 0 aromatic heterocycles. The van der Waals surface area contributed by atoms with E-state index < -0.39 is 0 Å². The Morgan fingerprint density at radius 1 is 0.750 bits per heavy atom. The van der Waals surface area contributed by atoms with E-state index in [1.165, 1.54) is 6.07 Å². The van der Waals surface area contributed by atoms with Crippen LogP contribution >= 0.6 is 0 Å². The van der Waals surface area contributed by atoms with Crippen molar-refractivity contribution in [1.82, 2.24) is 0 Å². The Bertz CT molecular complexity index is 1070. The highest BCUT2D eigenvalue weighted by molar-refractivity contribution is 6.01. The lowest BCUT2D eigenvalue weighted by molar-refractivity contribution is 0.417. The van der Waals surface area contributed by atoms with Gasteiger partial charge in [-0.2, -0.15) is 0 Å². The van der Waals surface area contributed by atoms with Crippen LogP contribution in [0.4, 0.5) is 10.1 Å². The molecule has 4 aromatic carbocycles. The molecule has 0 radical (unpaired) electrons. The zero-order valence-electron chi connectivity index (χ0n) is 13.2. The third kappa shape index (κ3) is 2.35. The van der Waals surface area contributed by atoms with Crippen LogP contribution in [0, 0.1) is 5.82 Å². The third-order valence-electron chi connectivity index (χ3n) is 4.33. The highest BCUT2D eigenvalue weighted by Gasteiger charge is 2.11. The fourth-order valence-corrected chi connectivity index (χ4v) is 3.12. The summed E-state index contributed by atoms with van der Waals surface area (Å²) in [4.78, 5) is 0.